The molecule has 0 aliphatic carbocycles. The first-order valence-corrected chi connectivity index (χ1v) is 15.0. The Bertz CT molecular complexity index is 1470. The second-order valence-corrected chi connectivity index (χ2v) is 12.1. The molecule has 0 saturated heterocycles. The smallest absolute Gasteiger partial charge is 0.0565 e. The van der Waals surface area contributed by atoms with Crippen molar-refractivity contribution in [2.75, 3.05) is 27.2 Å². The van der Waals surface area contributed by atoms with Gasteiger partial charge in [-0.05, 0) is 78.3 Å². The predicted octanol–water partition coefficient (Wildman–Crippen LogP) is 8.77. The summed E-state index contributed by atoms with van der Waals surface area (Å²) in [5.41, 5.74) is 7.00. The average Bonchev–Trinajstić information content (AvgIpc) is 3.54. The Labute approximate surface area is 264 Å². The summed E-state index contributed by atoms with van der Waals surface area (Å²) in [4.78, 5) is 0. The number of hydrogen-bond donors (Lipinski definition) is 3. The molecule has 1 atom stereocenters. The largest absolute Gasteiger partial charge is 0.319 e. The molecule has 0 spiro atoms. The average molecular weight is 620 g/mol. The number of nitrogens with one attached hydrogen (secondary N) is 3. The highest BCUT2D eigenvalue weighted by molar-refractivity contribution is 6.31. The zero-order chi connectivity index (χ0) is 30.2. The SMILES string of the molecule is CNCC(C)(c1ccc(Cl)cc1)c1ccc(-c2cn[nH]c2)cc1.CNCC(C)(c1ccc(Cl)cc1)c1ccc(Cl)cc1. The fraction of sp³-hybridized carbons (Fsp3) is 0.229. The second-order valence-electron chi connectivity index (χ2n) is 10.8. The Hall–Kier alpha value is -3.12. The van der Waals surface area contributed by atoms with Gasteiger partial charge in [0, 0.05) is 50.7 Å². The summed E-state index contributed by atoms with van der Waals surface area (Å²) in [6.07, 6.45) is 3.74. The van der Waals surface area contributed by atoms with Crippen LogP contribution in [-0.2, 0) is 10.8 Å². The van der Waals surface area contributed by atoms with Crippen LogP contribution >= 0.6 is 34.8 Å². The van der Waals surface area contributed by atoms with Gasteiger partial charge in [0.1, 0.15) is 0 Å². The van der Waals surface area contributed by atoms with Crippen LogP contribution in [0.2, 0.25) is 15.1 Å². The Balaban J connectivity index is 0.000000197. The molecule has 1 aromatic heterocycles. The van der Waals surface area contributed by atoms with Gasteiger partial charge in [-0.3, -0.25) is 5.10 Å². The molecule has 0 radical (unpaired) electrons. The van der Waals surface area contributed by atoms with Crippen LogP contribution in [0, 0.1) is 0 Å². The molecule has 42 heavy (non-hydrogen) atoms. The summed E-state index contributed by atoms with van der Waals surface area (Å²) in [7, 11) is 3.94. The molecule has 0 aliphatic rings. The van der Waals surface area contributed by atoms with Crippen molar-refractivity contribution in [3.63, 3.8) is 0 Å². The molecule has 4 aromatic carbocycles. The molecule has 218 valence electrons. The summed E-state index contributed by atoms with van der Waals surface area (Å²) in [6.45, 7) is 6.16. The molecule has 0 aliphatic heterocycles. The molecule has 5 rings (SSSR count). The van der Waals surface area contributed by atoms with Crippen LogP contribution in [-0.4, -0.2) is 37.4 Å². The van der Waals surface area contributed by atoms with Gasteiger partial charge in [0.25, 0.3) is 0 Å². The van der Waals surface area contributed by atoms with E-state index in [9.17, 15) is 0 Å². The van der Waals surface area contributed by atoms with Crippen molar-refractivity contribution >= 4 is 34.8 Å². The Morgan fingerprint density at radius 2 is 0.881 bits per heavy atom. The van der Waals surface area contributed by atoms with E-state index < -0.39 is 0 Å². The molecular formula is C35H37Cl3N4. The Morgan fingerprint density at radius 1 is 0.548 bits per heavy atom. The Kier molecular flexibility index (Phi) is 10.9. The summed E-state index contributed by atoms with van der Waals surface area (Å²) in [5, 5.41) is 15.7. The van der Waals surface area contributed by atoms with Gasteiger partial charge in [0.05, 0.1) is 6.20 Å². The number of aromatic nitrogens is 2. The maximum Gasteiger partial charge on any atom is 0.0565 e. The molecule has 7 heteroatoms. The van der Waals surface area contributed by atoms with Crippen LogP contribution in [0.3, 0.4) is 0 Å². The highest BCUT2D eigenvalue weighted by atomic mass is 35.5. The van der Waals surface area contributed by atoms with Gasteiger partial charge in [-0.1, -0.05) is 109 Å². The third-order valence-corrected chi connectivity index (χ3v) is 8.61. The highest BCUT2D eigenvalue weighted by Gasteiger charge is 2.29. The molecule has 0 saturated carbocycles. The monoisotopic (exact) mass is 618 g/mol. The predicted molar refractivity (Wildman–Crippen MR) is 179 cm³/mol. The van der Waals surface area contributed by atoms with Crippen molar-refractivity contribution in [2.24, 2.45) is 0 Å². The van der Waals surface area contributed by atoms with Crippen molar-refractivity contribution in [3.8, 4) is 11.1 Å². The molecular weight excluding hydrogens is 583 g/mol. The topological polar surface area (TPSA) is 52.7 Å². The van der Waals surface area contributed by atoms with Crippen LogP contribution < -0.4 is 10.6 Å². The van der Waals surface area contributed by atoms with Gasteiger partial charge in [0.15, 0.2) is 0 Å². The molecule has 3 N–H and O–H groups in total. The number of benzene rings is 4. The van der Waals surface area contributed by atoms with Gasteiger partial charge in [0.2, 0.25) is 0 Å². The quantitative estimate of drug-likeness (QED) is 0.155. The molecule has 0 fully saturated rings. The van der Waals surface area contributed by atoms with Crippen LogP contribution in [0.4, 0.5) is 0 Å². The first-order valence-electron chi connectivity index (χ1n) is 13.9. The summed E-state index contributed by atoms with van der Waals surface area (Å²) in [5.74, 6) is 0. The van der Waals surface area contributed by atoms with E-state index in [0.717, 1.165) is 39.3 Å². The standard InChI is InChI=1S/C19H20ClN3.C16H17Cl2N/c1-19(13-21-2,17-7-9-18(20)10-8-17)16-5-3-14(4-6-16)15-11-22-23-12-15;1-16(11-19-2,12-3-7-14(17)8-4-12)13-5-9-15(18)10-6-13/h3-12,21H,13H2,1-2H3,(H,22,23);3-10,19H,11H2,1-2H3. The van der Waals surface area contributed by atoms with Crippen molar-refractivity contribution in [1.29, 1.82) is 0 Å². The summed E-state index contributed by atoms with van der Waals surface area (Å²) < 4.78 is 0. The highest BCUT2D eigenvalue weighted by Crippen LogP contribution is 2.34. The molecule has 5 aromatic rings. The first kappa shape index (κ1) is 31.8. The maximum atomic E-state index is 6.04. The van der Waals surface area contributed by atoms with Crippen molar-refractivity contribution in [1.82, 2.24) is 20.8 Å². The van der Waals surface area contributed by atoms with Crippen LogP contribution in [0.25, 0.3) is 11.1 Å². The molecule has 4 nitrogen and oxygen atoms in total. The molecule has 1 heterocycles. The summed E-state index contributed by atoms with van der Waals surface area (Å²) >= 11 is 18.0. The van der Waals surface area contributed by atoms with Crippen LogP contribution in [0.15, 0.2) is 109 Å². The van der Waals surface area contributed by atoms with Gasteiger partial charge >= 0.3 is 0 Å². The minimum Gasteiger partial charge on any atom is -0.319 e. The second kappa shape index (κ2) is 14.4. The Morgan fingerprint density at radius 3 is 1.17 bits per heavy atom. The lowest BCUT2D eigenvalue weighted by Crippen LogP contribution is -2.35. The van der Waals surface area contributed by atoms with E-state index in [0.29, 0.717) is 0 Å². The first-order chi connectivity index (χ1) is 20.2. The van der Waals surface area contributed by atoms with Gasteiger partial charge in [-0.25, -0.2) is 0 Å². The van der Waals surface area contributed by atoms with E-state index in [-0.39, 0.29) is 10.8 Å². The van der Waals surface area contributed by atoms with E-state index in [1.807, 2.05) is 62.9 Å². The van der Waals surface area contributed by atoms with Crippen molar-refractivity contribution < 1.29 is 0 Å². The van der Waals surface area contributed by atoms with E-state index in [2.05, 4.69) is 95.3 Å². The molecule has 0 amide bonds. The molecule has 0 bridgehead atoms. The third-order valence-electron chi connectivity index (χ3n) is 7.86. The number of nitrogens with zero attached hydrogens (tertiary/aromatic N) is 1. The normalized spacial score (nSPS) is 12.7. The number of hydrogen-bond acceptors (Lipinski definition) is 3. The van der Waals surface area contributed by atoms with Crippen LogP contribution in [0.1, 0.15) is 36.1 Å². The number of rotatable bonds is 9. The van der Waals surface area contributed by atoms with Crippen LogP contribution in [0.5, 0.6) is 0 Å². The maximum absolute atomic E-state index is 6.04. The van der Waals surface area contributed by atoms with Gasteiger partial charge in [-0.2, -0.15) is 5.10 Å². The minimum absolute atomic E-state index is 0.107. The van der Waals surface area contributed by atoms with E-state index >= 15 is 0 Å². The lowest BCUT2D eigenvalue weighted by atomic mass is 9.76. The van der Waals surface area contributed by atoms with Crippen molar-refractivity contribution in [3.05, 3.63) is 147 Å². The number of H-pyrrole nitrogens is 1. The van der Waals surface area contributed by atoms with Gasteiger partial charge < -0.3 is 10.6 Å². The van der Waals surface area contributed by atoms with E-state index in [1.54, 1.807) is 0 Å². The fourth-order valence-corrected chi connectivity index (χ4v) is 5.72. The number of aromatic amines is 1. The third kappa shape index (κ3) is 7.44. The molecule has 1 unspecified atom stereocenters. The van der Waals surface area contributed by atoms with E-state index in [1.165, 1.54) is 22.3 Å². The number of halogens is 3. The van der Waals surface area contributed by atoms with Crippen molar-refractivity contribution in [2.45, 2.75) is 24.7 Å². The minimum atomic E-state index is -0.117. The van der Waals surface area contributed by atoms with E-state index in [4.69, 9.17) is 34.8 Å². The number of likely N-dealkylation sites (N-methyl/N-ethyl adjacent to an activating group) is 2. The zero-order valence-corrected chi connectivity index (χ0v) is 26.7. The van der Waals surface area contributed by atoms with Gasteiger partial charge in [-0.15, -0.1) is 0 Å². The zero-order valence-electron chi connectivity index (χ0n) is 24.4. The lowest BCUT2D eigenvalue weighted by molar-refractivity contribution is 0.532. The summed E-state index contributed by atoms with van der Waals surface area (Å²) in [6, 6.07) is 32.8. The fourth-order valence-electron chi connectivity index (χ4n) is 5.34. The lowest BCUT2D eigenvalue weighted by Gasteiger charge is -2.31.